The molecule has 0 atom stereocenters. The van der Waals surface area contributed by atoms with Crippen LogP contribution in [0.4, 0.5) is 51.7 Å². The zero-order chi connectivity index (χ0) is 32.1. The monoisotopic (exact) mass is 623 g/mol. The molecule has 238 valence electrons. The zero-order valence-electron chi connectivity index (χ0n) is 23.9. The fraction of sp³-hybridized carbons (Fsp3) is 0.500. The van der Waals surface area contributed by atoms with Crippen molar-refractivity contribution in [3.05, 3.63) is 53.3 Å². The van der Waals surface area contributed by atoms with E-state index in [4.69, 9.17) is 14.2 Å². The number of amides is 3. The van der Waals surface area contributed by atoms with Crippen molar-refractivity contribution in [1.29, 1.82) is 0 Å². The Morgan fingerprint density at radius 3 is 2.16 bits per heavy atom. The van der Waals surface area contributed by atoms with Gasteiger partial charge in [-0.15, -0.1) is 0 Å². The van der Waals surface area contributed by atoms with E-state index in [1.807, 2.05) is 13.8 Å². The molecule has 1 saturated heterocycles. The second-order valence-electron chi connectivity index (χ2n) is 9.51. The third kappa shape index (κ3) is 8.07. The predicted molar refractivity (Wildman–Crippen MR) is 143 cm³/mol. The number of benzene rings is 2. The molecule has 43 heavy (non-hydrogen) atoms. The van der Waals surface area contributed by atoms with Crippen molar-refractivity contribution in [3.8, 4) is 5.75 Å². The summed E-state index contributed by atoms with van der Waals surface area (Å²) in [4.78, 5) is 28.6. The molecule has 1 saturated carbocycles. The number of hydrogen-bond donors (Lipinski definition) is 0. The van der Waals surface area contributed by atoms with Crippen LogP contribution in [0.15, 0.2) is 36.4 Å². The third-order valence-corrected chi connectivity index (χ3v) is 6.86. The standard InChI is InChI=1S/C26H26F7N3O5.C2H6/c1-34(17-5-3-16(27)4-6-17)24(38)41-22-20(26(31,32)33)11-15(25(28,29)30)12-21(22)36-8-7-35(23(36)37)9-10-40-19-13-18(14-19)39-2;1-2/h3-6,11-12,18-19H,7-10,13-14H2,1-2H3;1-2H3. The van der Waals surface area contributed by atoms with Crippen LogP contribution in [0.3, 0.4) is 0 Å². The molecule has 0 N–H and O–H groups in total. The molecule has 15 heteroatoms. The molecule has 3 amide bonds. The maximum atomic E-state index is 14.1. The van der Waals surface area contributed by atoms with Crippen molar-refractivity contribution in [1.82, 2.24) is 4.90 Å². The molecule has 0 aromatic heterocycles. The average Bonchev–Trinajstić information content (AvgIpc) is 3.29. The van der Waals surface area contributed by atoms with E-state index in [0.717, 1.165) is 36.2 Å². The van der Waals surface area contributed by atoms with Crippen LogP contribution in [0, 0.1) is 5.82 Å². The van der Waals surface area contributed by atoms with Crippen molar-refractivity contribution in [2.45, 2.75) is 51.2 Å². The van der Waals surface area contributed by atoms with Crippen LogP contribution < -0.4 is 14.5 Å². The first-order valence-electron chi connectivity index (χ1n) is 13.4. The molecular weight excluding hydrogens is 591 g/mol. The molecule has 2 aromatic carbocycles. The second-order valence-corrected chi connectivity index (χ2v) is 9.51. The van der Waals surface area contributed by atoms with Crippen molar-refractivity contribution >= 4 is 23.5 Å². The van der Waals surface area contributed by atoms with E-state index < -0.39 is 52.9 Å². The zero-order valence-corrected chi connectivity index (χ0v) is 23.9. The molecule has 2 fully saturated rings. The lowest BCUT2D eigenvalue weighted by Crippen LogP contribution is -2.39. The van der Waals surface area contributed by atoms with E-state index in [0.29, 0.717) is 23.8 Å². The Morgan fingerprint density at radius 1 is 0.977 bits per heavy atom. The number of rotatable bonds is 8. The summed E-state index contributed by atoms with van der Waals surface area (Å²) in [6.07, 6.45) is -10.7. The third-order valence-electron chi connectivity index (χ3n) is 6.86. The van der Waals surface area contributed by atoms with Crippen molar-refractivity contribution in [2.24, 2.45) is 0 Å². The number of alkyl halides is 6. The summed E-state index contributed by atoms with van der Waals surface area (Å²) in [7, 11) is 2.69. The first kappa shape index (κ1) is 33.9. The maximum absolute atomic E-state index is 14.1. The van der Waals surface area contributed by atoms with Gasteiger partial charge in [-0.3, -0.25) is 9.80 Å². The lowest BCUT2D eigenvalue weighted by atomic mass is 9.92. The highest BCUT2D eigenvalue weighted by Gasteiger charge is 2.44. The minimum Gasteiger partial charge on any atom is -0.407 e. The van der Waals surface area contributed by atoms with E-state index in [1.165, 1.54) is 4.90 Å². The van der Waals surface area contributed by atoms with Crippen LogP contribution in [-0.4, -0.2) is 69.6 Å². The smallest absolute Gasteiger partial charge is 0.407 e. The summed E-state index contributed by atoms with van der Waals surface area (Å²) < 4.78 is 112. The van der Waals surface area contributed by atoms with Crippen molar-refractivity contribution < 1.29 is 54.5 Å². The average molecular weight is 624 g/mol. The van der Waals surface area contributed by atoms with Crippen LogP contribution >= 0.6 is 0 Å². The molecule has 0 unspecified atom stereocenters. The number of methoxy groups -OCH3 is 1. The van der Waals surface area contributed by atoms with Crippen LogP contribution in [0.1, 0.15) is 37.8 Å². The number of nitrogens with zero attached hydrogens (tertiary/aromatic N) is 3. The lowest BCUT2D eigenvalue weighted by Gasteiger charge is -2.34. The fourth-order valence-corrected chi connectivity index (χ4v) is 4.41. The molecule has 0 radical (unpaired) electrons. The summed E-state index contributed by atoms with van der Waals surface area (Å²) in [6.45, 7) is 3.84. The highest BCUT2D eigenvalue weighted by molar-refractivity contribution is 5.97. The fourth-order valence-electron chi connectivity index (χ4n) is 4.41. The Balaban J connectivity index is 0.00000248. The number of urea groups is 1. The van der Waals surface area contributed by atoms with E-state index in [9.17, 15) is 40.3 Å². The highest BCUT2D eigenvalue weighted by Crippen LogP contribution is 2.47. The maximum Gasteiger partial charge on any atom is 0.420 e. The summed E-state index contributed by atoms with van der Waals surface area (Å²) in [5.41, 5.74) is -4.41. The van der Waals surface area contributed by atoms with E-state index >= 15 is 0 Å². The van der Waals surface area contributed by atoms with Crippen molar-refractivity contribution in [2.75, 3.05) is 50.2 Å². The molecule has 0 spiro atoms. The number of anilines is 2. The number of hydrogen-bond acceptors (Lipinski definition) is 5. The molecule has 1 aliphatic heterocycles. The van der Waals surface area contributed by atoms with Gasteiger partial charge < -0.3 is 19.1 Å². The van der Waals surface area contributed by atoms with Gasteiger partial charge in [0.2, 0.25) is 0 Å². The summed E-state index contributed by atoms with van der Waals surface area (Å²) in [6, 6.07) is 3.57. The Kier molecular flexibility index (Phi) is 10.9. The molecule has 1 aliphatic carbocycles. The van der Waals surface area contributed by atoms with Gasteiger partial charge in [0.25, 0.3) is 0 Å². The van der Waals surface area contributed by atoms with E-state index in [-0.39, 0.29) is 50.2 Å². The van der Waals surface area contributed by atoms with Gasteiger partial charge >= 0.3 is 24.5 Å². The first-order valence-corrected chi connectivity index (χ1v) is 13.4. The molecule has 4 rings (SSSR count). The number of ether oxygens (including phenoxy) is 3. The second kappa shape index (κ2) is 13.8. The molecule has 2 aromatic rings. The van der Waals surface area contributed by atoms with Gasteiger partial charge in [0, 0.05) is 39.5 Å². The molecule has 8 nitrogen and oxygen atoms in total. The lowest BCUT2D eigenvalue weighted by molar-refractivity contribution is -0.143. The summed E-state index contributed by atoms with van der Waals surface area (Å²) in [5.74, 6) is -1.91. The first-order chi connectivity index (χ1) is 20.2. The van der Waals surface area contributed by atoms with Gasteiger partial charge in [-0.2, -0.15) is 26.3 Å². The molecule has 2 aliphatic rings. The van der Waals surface area contributed by atoms with Gasteiger partial charge in [0.05, 0.1) is 30.1 Å². The Labute approximate surface area is 243 Å². The predicted octanol–water partition coefficient (Wildman–Crippen LogP) is 6.96. The largest absolute Gasteiger partial charge is 0.420 e. The summed E-state index contributed by atoms with van der Waals surface area (Å²) in [5, 5.41) is 0. The van der Waals surface area contributed by atoms with Crippen LogP contribution in [0.5, 0.6) is 5.75 Å². The van der Waals surface area contributed by atoms with E-state index in [1.54, 1.807) is 7.11 Å². The Bertz CT molecular complexity index is 1270. The van der Waals surface area contributed by atoms with Gasteiger partial charge in [-0.05, 0) is 49.2 Å². The SMILES string of the molecule is CC.COC1CC(OCCN2CCN(c3cc(C(F)(F)F)cc(C(F)(F)F)c3OC(=O)N(C)c3ccc(F)cc3)C2=O)C1. The number of carbonyl (C=O) groups excluding carboxylic acids is 2. The topological polar surface area (TPSA) is 71.6 Å². The normalized spacial score (nSPS) is 18.6. The molecular formula is C28H32F7N3O5. The van der Waals surface area contributed by atoms with Crippen LogP contribution in [-0.2, 0) is 21.8 Å². The minimum absolute atomic E-state index is 0.0198. The van der Waals surface area contributed by atoms with Gasteiger partial charge in [-0.1, -0.05) is 13.8 Å². The summed E-state index contributed by atoms with van der Waals surface area (Å²) >= 11 is 0. The van der Waals surface area contributed by atoms with Gasteiger partial charge in [0.1, 0.15) is 11.4 Å². The Morgan fingerprint density at radius 2 is 1.60 bits per heavy atom. The number of carbonyl (C=O) groups is 2. The molecule has 1 heterocycles. The minimum atomic E-state index is -5.39. The van der Waals surface area contributed by atoms with Gasteiger partial charge in [-0.25, -0.2) is 14.0 Å². The van der Waals surface area contributed by atoms with Crippen molar-refractivity contribution in [3.63, 3.8) is 0 Å². The van der Waals surface area contributed by atoms with Crippen LogP contribution in [0.2, 0.25) is 0 Å². The quantitative estimate of drug-likeness (QED) is 0.298. The highest BCUT2D eigenvalue weighted by atomic mass is 19.4. The van der Waals surface area contributed by atoms with E-state index in [2.05, 4.69) is 0 Å². The number of halogens is 7. The van der Waals surface area contributed by atoms with Gasteiger partial charge in [0.15, 0.2) is 5.75 Å². The molecule has 0 bridgehead atoms. The van der Waals surface area contributed by atoms with Crippen LogP contribution in [0.25, 0.3) is 0 Å². The Hall–Kier alpha value is -3.59.